The van der Waals surface area contributed by atoms with Crippen molar-refractivity contribution in [2.24, 2.45) is 0 Å². The quantitative estimate of drug-likeness (QED) is 0.684. The monoisotopic (exact) mass is 291 g/mol. The van der Waals surface area contributed by atoms with Crippen LogP contribution in [0.1, 0.15) is 22.8 Å². The molecule has 0 aliphatic rings. The number of nitriles is 1. The van der Waals surface area contributed by atoms with E-state index in [4.69, 9.17) is 5.26 Å². The van der Waals surface area contributed by atoms with Crippen LogP contribution in [0, 0.1) is 11.3 Å². The molecule has 0 fully saturated rings. The normalized spacial score (nSPS) is 10.9. The molecule has 0 amide bonds. The van der Waals surface area contributed by atoms with Gasteiger partial charge in [-0.3, -0.25) is 0 Å². The van der Waals surface area contributed by atoms with Crippen LogP contribution in [0.15, 0.2) is 17.0 Å². The zero-order chi connectivity index (χ0) is 14.6. The summed E-state index contributed by atoms with van der Waals surface area (Å²) in [5.74, 6) is -1.79. The maximum absolute atomic E-state index is 12.4. The van der Waals surface area contributed by atoms with Crippen molar-refractivity contribution < 1.29 is 27.8 Å². The molecule has 102 valence electrons. The van der Waals surface area contributed by atoms with Crippen molar-refractivity contribution in [1.82, 2.24) is 0 Å². The van der Waals surface area contributed by atoms with E-state index in [9.17, 15) is 23.1 Å². The van der Waals surface area contributed by atoms with Gasteiger partial charge < -0.3 is 9.84 Å². The van der Waals surface area contributed by atoms with Gasteiger partial charge in [-0.2, -0.15) is 18.4 Å². The Morgan fingerprint density at radius 1 is 1.53 bits per heavy atom. The number of hydrogen-bond acceptors (Lipinski definition) is 5. The zero-order valence-corrected chi connectivity index (χ0v) is 10.4. The molecule has 0 atom stereocenters. The third kappa shape index (κ3) is 4.06. The second kappa shape index (κ2) is 5.84. The lowest BCUT2D eigenvalue weighted by atomic mass is 10.1. The number of benzene rings is 1. The number of carbonyl (C=O) groups excluding carboxylic acids is 1. The first-order valence-corrected chi connectivity index (χ1v) is 5.80. The summed E-state index contributed by atoms with van der Waals surface area (Å²) in [5.41, 5.74) is -5.43. The molecule has 0 aromatic heterocycles. The summed E-state index contributed by atoms with van der Waals surface area (Å²) in [6.45, 7) is 1.43. The van der Waals surface area contributed by atoms with Gasteiger partial charge in [0.1, 0.15) is 11.3 Å². The van der Waals surface area contributed by atoms with Crippen molar-refractivity contribution in [2.75, 3.05) is 6.61 Å². The molecular weight excluding hydrogens is 283 g/mol. The predicted molar refractivity (Wildman–Crippen MR) is 60.7 cm³/mol. The number of thioether (sulfide) groups is 1. The molecule has 0 radical (unpaired) electrons. The van der Waals surface area contributed by atoms with Crippen LogP contribution in [-0.2, 0) is 4.74 Å². The molecular formula is C11H8F3NO3S. The Morgan fingerprint density at radius 2 is 2.16 bits per heavy atom. The number of phenolic OH excluding ortho intramolecular Hbond substituents is 1. The Labute approximate surface area is 110 Å². The van der Waals surface area contributed by atoms with Crippen molar-refractivity contribution in [1.29, 1.82) is 5.26 Å². The van der Waals surface area contributed by atoms with Crippen LogP contribution >= 0.6 is 11.8 Å². The summed E-state index contributed by atoms with van der Waals surface area (Å²) in [4.78, 5) is 11.0. The molecule has 0 bridgehead atoms. The molecule has 0 unspecified atom stereocenters. The fourth-order valence-corrected chi connectivity index (χ4v) is 2.00. The van der Waals surface area contributed by atoms with E-state index in [0.717, 1.165) is 12.1 Å². The summed E-state index contributed by atoms with van der Waals surface area (Å²) >= 11 is -0.587. The molecule has 0 spiro atoms. The summed E-state index contributed by atoms with van der Waals surface area (Å²) in [5, 5.41) is 18.2. The second-order valence-corrected chi connectivity index (χ2v) is 4.36. The van der Waals surface area contributed by atoms with Gasteiger partial charge in [0.05, 0.1) is 18.2 Å². The van der Waals surface area contributed by atoms with Crippen LogP contribution in [0.4, 0.5) is 13.2 Å². The molecule has 0 heterocycles. The Kier molecular flexibility index (Phi) is 4.67. The number of nitrogens with zero attached hydrogens (tertiary/aromatic N) is 1. The summed E-state index contributed by atoms with van der Waals surface area (Å²) < 4.78 is 41.7. The van der Waals surface area contributed by atoms with Gasteiger partial charge in [0.15, 0.2) is 0 Å². The highest BCUT2D eigenvalue weighted by Gasteiger charge is 2.33. The highest BCUT2D eigenvalue weighted by atomic mass is 32.2. The van der Waals surface area contributed by atoms with Crippen LogP contribution in [0.2, 0.25) is 0 Å². The minimum Gasteiger partial charge on any atom is -0.507 e. The number of rotatable bonds is 3. The average molecular weight is 291 g/mol. The second-order valence-electron chi connectivity index (χ2n) is 3.25. The lowest BCUT2D eigenvalue weighted by Gasteiger charge is -2.12. The zero-order valence-electron chi connectivity index (χ0n) is 9.61. The van der Waals surface area contributed by atoms with Crippen LogP contribution in [0.5, 0.6) is 5.75 Å². The van der Waals surface area contributed by atoms with Crippen molar-refractivity contribution in [3.05, 3.63) is 23.3 Å². The minimum absolute atomic E-state index is 0.0472. The van der Waals surface area contributed by atoms with Gasteiger partial charge in [-0.25, -0.2) is 4.79 Å². The molecule has 8 heteroatoms. The highest BCUT2D eigenvalue weighted by Crippen LogP contribution is 2.41. The Hall–Kier alpha value is -1.88. The number of halogens is 3. The number of esters is 1. The third-order valence-electron chi connectivity index (χ3n) is 1.92. The van der Waals surface area contributed by atoms with Gasteiger partial charge >= 0.3 is 11.5 Å². The molecule has 0 saturated heterocycles. The first-order valence-electron chi connectivity index (χ1n) is 4.98. The SMILES string of the molecule is CCOC(=O)c1c(O)cc(C#N)cc1SC(F)(F)F. The van der Waals surface area contributed by atoms with E-state index in [1.807, 2.05) is 0 Å². The first-order chi connectivity index (χ1) is 8.78. The largest absolute Gasteiger partial charge is 0.507 e. The number of alkyl halides is 3. The molecule has 4 nitrogen and oxygen atoms in total. The van der Waals surface area contributed by atoms with Crippen molar-refractivity contribution in [3.63, 3.8) is 0 Å². The van der Waals surface area contributed by atoms with Gasteiger partial charge in [-0.05, 0) is 30.8 Å². The van der Waals surface area contributed by atoms with E-state index in [-0.39, 0.29) is 12.2 Å². The molecule has 0 aliphatic heterocycles. The number of phenols is 1. The van der Waals surface area contributed by atoms with Gasteiger partial charge in [0.2, 0.25) is 0 Å². The number of aromatic hydroxyl groups is 1. The number of ether oxygens (including phenoxy) is 1. The molecule has 19 heavy (non-hydrogen) atoms. The Bertz CT molecular complexity index is 537. The van der Waals surface area contributed by atoms with Gasteiger partial charge in [-0.1, -0.05) is 0 Å². The Balaban J connectivity index is 3.34. The molecule has 1 aromatic carbocycles. The maximum Gasteiger partial charge on any atom is 0.446 e. The summed E-state index contributed by atoms with van der Waals surface area (Å²) in [6.07, 6.45) is 0. The number of carbonyl (C=O) groups is 1. The fourth-order valence-electron chi connectivity index (χ4n) is 1.28. The predicted octanol–water partition coefficient (Wildman–Crippen LogP) is 3.05. The van der Waals surface area contributed by atoms with Gasteiger partial charge in [0.25, 0.3) is 0 Å². The third-order valence-corrected chi connectivity index (χ3v) is 2.69. The summed E-state index contributed by atoms with van der Waals surface area (Å²) in [6, 6.07) is 3.39. The van der Waals surface area contributed by atoms with E-state index in [2.05, 4.69) is 4.74 Å². The highest BCUT2D eigenvalue weighted by molar-refractivity contribution is 8.00. The van der Waals surface area contributed by atoms with E-state index in [1.165, 1.54) is 6.92 Å². The van der Waals surface area contributed by atoms with Crippen LogP contribution in [0.25, 0.3) is 0 Å². The molecule has 1 N–H and O–H groups in total. The molecule has 1 rings (SSSR count). The molecule has 0 saturated carbocycles. The molecule has 0 aliphatic carbocycles. The van der Waals surface area contributed by atoms with E-state index < -0.39 is 39.4 Å². The first kappa shape index (κ1) is 15.2. The van der Waals surface area contributed by atoms with E-state index >= 15 is 0 Å². The standard InChI is InChI=1S/C11H8F3NO3S/c1-2-18-10(17)9-7(16)3-6(5-15)4-8(9)19-11(12,13)14/h3-4,16H,2H2,1H3. The summed E-state index contributed by atoms with van der Waals surface area (Å²) in [7, 11) is 0. The topological polar surface area (TPSA) is 70.3 Å². The number of hydrogen-bond donors (Lipinski definition) is 1. The van der Waals surface area contributed by atoms with Crippen LogP contribution in [-0.4, -0.2) is 23.2 Å². The molecule has 1 aromatic rings. The Morgan fingerprint density at radius 3 is 2.63 bits per heavy atom. The fraction of sp³-hybridized carbons (Fsp3) is 0.273. The average Bonchev–Trinajstić information content (AvgIpc) is 2.26. The minimum atomic E-state index is -4.65. The van der Waals surface area contributed by atoms with Gasteiger partial charge in [0, 0.05) is 4.90 Å². The lowest BCUT2D eigenvalue weighted by molar-refractivity contribution is -0.0328. The van der Waals surface area contributed by atoms with Crippen molar-refractivity contribution >= 4 is 17.7 Å². The van der Waals surface area contributed by atoms with Crippen molar-refractivity contribution in [2.45, 2.75) is 17.3 Å². The van der Waals surface area contributed by atoms with E-state index in [0.29, 0.717) is 0 Å². The van der Waals surface area contributed by atoms with E-state index in [1.54, 1.807) is 6.07 Å². The van der Waals surface area contributed by atoms with Crippen LogP contribution in [0.3, 0.4) is 0 Å². The lowest BCUT2D eigenvalue weighted by Crippen LogP contribution is -2.09. The van der Waals surface area contributed by atoms with Crippen LogP contribution < -0.4 is 0 Å². The smallest absolute Gasteiger partial charge is 0.446 e. The maximum atomic E-state index is 12.4. The van der Waals surface area contributed by atoms with Crippen molar-refractivity contribution in [3.8, 4) is 11.8 Å². The van der Waals surface area contributed by atoms with Gasteiger partial charge in [-0.15, -0.1) is 0 Å².